The summed E-state index contributed by atoms with van der Waals surface area (Å²) in [6.45, 7) is 0.132. The minimum absolute atomic E-state index is 0.0877. The van der Waals surface area contributed by atoms with E-state index in [0.29, 0.717) is 0 Å². The summed E-state index contributed by atoms with van der Waals surface area (Å²) in [5, 5.41) is 12.4. The zero-order chi connectivity index (χ0) is 24.2. The summed E-state index contributed by atoms with van der Waals surface area (Å²) in [5.74, 6) is -1.20. The van der Waals surface area contributed by atoms with Gasteiger partial charge in [0.25, 0.3) is 0 Å². The maximum atomic E-state index is 12.7. The van der Waals surface area contributed by atoms with Crippen molar-refractivity contribution in [2.24, 2.45) is 0 Å². The Bertz CT molecular complexity index is 1320. The van der Waals surface area contributed by atoms with Gasteiger partial charge >= 0.3 is 12.1 Å². The van der Waals surface area contributed by atoms with Gasteiger partial charge in [-0.1, -0.05) is 103 Å². The SMILES string of the molecule is O=C(N[C@@H](Cc1ccccc1-c1ccccc1)C(=O)O)OCC1c2ccccc2-c2ccccc21. The molecule has 5 nitrogen and oxygen atoms in total. The first kappa shape index (κ1) is 22.4. The topological polar surface area (TPSA) is 75.6 Å². The fourth-order valence-corrected chi connectivity index (χ4v) is 4.80. The molecule has 5 heteroatoms. The normalized spacial score (nSPS) is 12.9. The van der Waals surface area contributed by atoms with Crippen LogP contribution in [0.1, 0.15) is 22.6 Å². The number of nitrogens with one attached hydrogen (secondary N) is 1. The fraction of sp³-hybridized carbons (Fsp3) is 0.133. The molecule has 0 bridgehead atoms. The van der Waals surface area contributed by atoms with Crippen LogP contribution in [0.4, 0.5) is 4.79 Å². The summed E-state index contributed by atoms with van der Waals surface area (Å²) in [6, 6.07) is 32.5. The van der Waals surface area contributed by atoms with E-state index in [4.69, 9.17) is 4.74 Å². The van der Waals surface area contributed by atoms with Gasteiger partial charge in [-0.25, -0.2) is 9.59 Å². The van der Waals surface area contributed by atoms with Crippen LogP contribution < -0.4 is 5.32 Å². The van der Waals surface area contributed by atoms with Gasteiger partial charge in [-0.05, 0) is 38.9 Å². The Kier molecular flexibility index (Phi) is 6.31. The molecule has 0 aromatic heterocycles. The van der Waals surface area contributed by atoms with E-state index < -0.39 is 18.1 Å². The Morgan fingerprint density at radius 3 is 1.91 bits per heavy atom. The van der Waals surface area contributed by atoms with E-state index in [1.54, 1.807) is 0 Å². The van der Waals surface area contributed by atoms with E-state index in [-0.39, 0.29) is 18.9 Å². The predicted octanol–water partition coefficient (Wildman–Crippen LogP) is 5.89. The molecule has 5 rings (SSSR count). The van der Waals surface area contributed by atoms with Gasteiger partial charge in [0, 0.05) is 12.3 Å². The molecule has 0 unspecified atom stereocenters. The molecule has 0 heterocycles. The van der Waals surface area contributed by atoms with Crippen molar-refractivity contribution in [1.29, 1.82) is 0 Å². The monoisotopic (exact) mass is 463 g/mol. The smallest absolute Gasteiger partial charge is 0.407 e. The number of carboxylic acid groups (broad SMARTS) is 1. The molecule has 2 N–H and O–H groups in total. The number of carboxylic acids is 1. The van der Waals surface area contributed by atoms with Crippen molar-refractivity contribution in [3.63, 3.8) is 0 Å². The van der Waals surface area contributed by atoms with Crippen molar-refractivity contribution in [2.45, 2.75) is 18.4 Å². The molecule has 0 saturated carbocycles. The highest BCUT2D eigenvalue weighted by Crippen LogP contribution is 2.44. The van der Waals surface area contributed by atoms with Gasteiger partial charge < -0.3 is 15.2 Å². The molecular weight excluding hydrogens is 438 g/mol. The summed E-state index contributed by atoms with van der Waals surface area (Å²) < 4.78 is 5.56. The highest BCUT2D eigenvalue weighted by Gasteiger charge is 2.30. The van der Waals surface area contributed by atoms with Crippen LogP contribution in [0.2, 0.25) is 0 Å². The van der Waals surface area contributed by atoms with Crippen molar-refractivity contribution in [1.82, 2.24) is 5.32 Å². The third-order valence-electron chi connectivity index (χ3n) is 6.46. The molecule has 35 heavy (non-hydrogen) atoms. The molecule has 0 saturated heterocycles. The average molecular weight is 464 g/mol. The standard InChI is InChI=1S/C30H25NO4/c32-29(33)28(18-21-12-4-5-13-22(21)20-10-2-1-3-11-20)31-30(34)35-19-27-25-16-8-6-14-23(25)24-15-7-9-17-26(24)27/h1-17,27-28H,18-19H2,(H,31,34)(H,32,33)/t28-/m0/s1. The molecule has 1 amide bonds. The first-order chi connectivity index (χ1) is 17.1. The van der Waals surface area contributed by atoms with Gasteiger partial charge in [-0.3, -0.25) is 0 Å². The lowest BCUT2D eigenvalue weighted by Crippen LogP contribution is -2.43. The number of hydrogen-bond acceptors (Lipinski definition) is 3. The Hall–Kier alpha value is -4.38. The number of hydrogen-bond donors (Lipinski definition) is 2. The summed E-state index contributed by atoms with van der Waals surface area (Å²) in [5.41, 5.74) is 7.25. The van der Waals surface area contributed by atoms with Gasteiger partial charge in [-0.2, -0.15) is 0 Å². The van der Waals surface area contributed by atoms with Crippen LogP contribution in [0, 0.1) is 0 Å². The molecule has 0 radical (unpaired) electrons. The number of amides is 1. The Labute approximate surface area is 204 Å². The number of alkyl carbamates (subject to hydrolysis) is 1. The zero-order valence-electron chi connectivity index (χ0n) is 19.1. The molecule has 0 spiro atoms. The van der Waals surface area contributed by atoms with E-state index in [1.807, 2.05) is 91.0 Å². The van der Waals surface area contributed by atoms with Gasteiger partial charge in [0.1, 0.15) is 12.6 Å². The van der Waals surface area contributed by atoms with Crippen LogP contribution in [0.15, 0.2) is 103 Å². The van der Waals surface area contributed by atoms with E-state index in [1.165, 1.54) is 0 Å². The number of carbonyl (C=O) groups is 2. The van der Waals surface area contributed by atoms with Crippen LogP contribution >= 0.6 is 0 Å². The Balaban J connectivity index is 1.29. The fourth-order valence-electron chi connectivity index (χ4n) is 4.80. The maximum absolute atomic E-state index is 12.7. The van der Waals surface area contributed by atoms with Crippen molar-refractivity contribution >= 4 is 12.1 Å². The maximum Gasteiger partial charge on any atom is 0.407 e. The molecule has 1 aliphatic rings. The number of carbonyl (C=O) groups excluding carboxylic acids is 1. The lowest BCUT2D eigenvalue weighted by atomic mass is 9.95. The minimum atomic E-state index is -1.12. The first-order valence-corrected chi connectivity index (χ1v) is 11.6. The van der Waals surface area contributed by atoms with Crippen molar-refractivity contribution < 1.29 is 19.4 Å². The molecule has 174 valence electrons. The number of ether oxygens (including phenoxy) is 1. The second kappa shape index (κ2) is 9.85. The molecule has 1 aliphatic carbocycles. The van der Waals surface area contributed by atoms with Crippen LogP contribution in [-0.4, -0.2) is 29.8 Å². The van der Waals surface area contributed by atoms with Gasteiger partial charge in [0.2, 0.25) is 0 Å². The van der Waals surface area contributed by atoms with Crippen LogP contribution in [0.3, 0.4) is 0 Å². The summed E-state index contributed by atoms with van der Waals surface area (Å²) in [6.07, 6.45) is -0.596. The lowest BCUT2D eigenvalue weighted by Gasteiger charge is -2.19. The summed E-state index contributed by atoms with van der Waals surface area (Å²) >= 11 is 0. The highest BCUT2D eigenvalue weighted by molar-refractivity contribution is 5.82. The third kappa shape index (κ3) is 4.66. The number of benzene rings is 4. The molecule has 4 aromatic rings. The van der Waals surface area contributed by atoms with Crippen molar-refractivity contribution in [3.05, 3.63) is 120 Å². The average Bonchev–Trinajstić information content (AvgIpc) is 3.21. The van der Waals surface area contributed by atoms with E-state index in [2.05, 4.69) is 17.4 Å². The predicted molar refractivity (Wildman–Crippen MR) is 135 cm³/mol. The Morgan fingerprint density at radius 2 is 1.29 bits per heavy atom. The minimum Gasteiger partial charge on any atom is -0.480 e. The molecule has 0 aliphatic heterocycles. The van der Waals surface area contributed by atoms with Crippen molar-refractivity contribution in [2.75, 3.05) is 6.61 Å². The van der Waals surface area contributed by atoms with E-state index in [0.717, 1.165) is 38.9 Å². The summed E-state index contributed by atoms with van der Waals surface area (Å²) in [4.78, 5) is 24.7. The summed E-state index contributed by atoms with van der Waals surface area (Å²) in [7, 11) is 0. The number of aliphatic carboxylic acids is 1. The molecule has 1 atom stereocenters. The lowest BCUT2D eigenvalue weighted by molar-refractivity contribution is -0.139. The second-order valence-corrected chi connectivity index (χ2v) is 8.59. The van der Waals surface area contributed by atoms with Gasteiger partial charge in [0.15, 0.2) is 0 Å². The van der Waals surface area contributed by atoms with Crippen LogP contribution in [0.5, 0.6) is 0 Å². The zero-order valence-corrected chi connectivity index (χ0v) is 19.1. The third-order valence-corrected chi connectivity index (χ3v) is 6.46. The second-order valence-electron chi connectivity index (χ2n) is 8.59. The van der Waals surface area contributed by atoms with E-state index in [9.17, 15) is 14.7 Å². The largest absolute Gasteiger partial charge is 0.480 e. The molecule has 4 aromatic carbocycles. The number of fused-ring (bicyclic) bond motifs is 3. The number of rotatable bonds is 7. The first-order valence-electron chi connectivity index (χ1n) is 11.6. The van der Waals surface area contributed by atoms with Crippen LogP contribution in [-0.2, 0) is 16.0 Å². The Morgan fingerprint density at radius 1 is 0.743 bits per heavy atom. The van der Waals surface area contributed by atoms with Gasteiger partial charge in [0.05, 0.1) is 0 Å². The van der Waals surface area contributed by atoms with Crippen LogP contribution in [0.25, 0.3) is 22.3 Å². The quantitative estimate of drug-likeness (QED) is 0.358. The molecule has 0 fully saturated rings. The van der Waals surface area contributed by atoms with Crippen molar-refractivity contribution in [3.8, 4) is 22.3 Å². The highest BCUT2D eigenvalue weighted by atomic mass is 16.5. The van der Waals surface area contributed by atoms with Gasteiger partial charge in [-0.15, -0.1) is 0 Å². The molecular formula is C30H25NO4. The van der Waals surface area contributed by atoms with E-state index >= 15 is 0 Å².